The fourth-order valence-corrected chi connectivity index (χ4v) is 3.61. The number of methoxy groups -OCH3 is 1. The first-order valence-electron chi connectivity index (χ1n) is 7.48. The third-order valence-corrected chi connectivity index (χ3v) is 4.92. The van der Waals surface area contributed by atoms with Crippen LogP contribution in [0, 0.1) is 5.41 Å². The van der Waals surface area contributed by atoms with Crippen LogP contribution in [0.3, 0.4) is 0 Å². The fourth-order valence-electron chi connectivity index (χ4n) is 3.61. The Bertz CT molecular complexity index is 462. The van der Waals surface area contributed by atoms with Crippen LogP contribution in [0.2, 0.25) is 0 Å². The lowest BCUT2D eigenvalue weighted by Gasteiger charge is -2.61. The highest BCUT2D eigenvalue weighted by atomic mass is 16.5. The maximum atomic E-state index is 5.87. The summed E-state index contributed by atoms with van der Waals surface area (Å²) >= 11 is 0. The molecule has 0 amide bonds. The first-order chi connectivity index (χ1) is 9.80. The summed E-state index contributed by atoms with van der Waals surface area (Å²) in [6.45, 7) is 3.66. The molecule has 1 aromatic heterocycles. The van der Waals surface area contributed by atoms with E-state index in [2.05, 4.69) is 22.2 Å². The van der Waals surface area contributed by atoms with E-state index in [0.717, 1.165) is 25.1 Å². The minimum Gasteiger partial charge on any atom is -0.481 e. The van der Waals surface area contributed by atoms with E-state index in [-0.39, 0.29) is 0 Å². The predicted molar refractivity (Wildman–Crippen MR) is 75.5 cm³/mol. The van der Waals surface area contributed by atoms with Gasteiger partial charge in [0.05, 0.1) is 13.2 Å². The average molecular weight is 277 g/mol. The van der Waals surface area contributed by atoms with E-state index in [1.807, 2.05) is 6.20 Å². The second-order valence-electron chi connectivity index (χ2n) is 5.76. The van der Waals surface area contributed by atoms with Crippen LogP contribution in [-0.2, 0) is 11.3 Å². The fraction of sp³-hybridized carbons (Fsp3) is 0.733. The van der Waals surface area contributed by atoms with Gasteiger partial charge in [0.15, 0.2) is 0 Å². The van der Waals surface area contributed by atoms with Crippen LogP contribution in [0.4, 0.5) is 0 Å². The molecule has 3 rings (SSSR count). The van der Waals surface area contributed by atoms with Gasteiger partial charge in [-0.15, -0.1) is 0 Å². The summed E-state index contributed by atoms with van der Waals surface area (Å²) in [4.78, 5) is 8.21. The van der Waals surface area contributed by atoms with Gasteiger partial charge >= 0.3 is 0 Å². The summed E-state index contributed by atoms with van der Waals surface area (Å²) in [5.74, 6) is 0.663. The molecule has 0 aromatic carbocycles. The molecule has 0 saturated heterocycles. The van der Waals surface area contributed by atoms with E-state index in [0.29, 0.717) is 23.4 Å². The average Bonchev–Trinajstić information content (AvgIpc) is 2.40. The maximum absolute atomic E-state index is 5.87. The largest absolute Gasteiger partial charge is 0.481 e. The first-order valence-corrected chi connectivity index (χ1v) is 7.48. The summed E-state index contributed by atoms with van der Waals surface area (Å²) in [6.07, 6.45) is 8.82. The normalized spacial score (nSPS) is 26.9. The third-order valence-electron chi connectivity index (χ3n) is 4.92. The van der Waals surface area contributed by atoms with Gasteiger partial charge in [-0.2, -0.15) is 0 Å². The van der Waals surface area contributed by atoms with Crippen molar-refractivity contribution in [1.82, 2.24) is 15.3 Å². The predicted octanol–water partition coefficient (Wildman–Crippen LogP) is 1.92. The van der Waals surface area contributed by atoms with Crippen molar-refractivity contribution in [2.75, 3.05) is 13.7 Å². The highest BCUT2D eigenvalue weighted by Gasteiger charge is 2.58. The number of aromatic nitrogens is 2. The zero-order valence-electron chi connectivity index (χ0n) is 12.3. The van der Waals surface area contributed by atoms with Crippen LogP contribution in [0.5, 0.6) is 5.88 Å². The van der Waals surface area contributed by atoms with Crippen LogP contribution in [-0.4, -0.2) is 35.8 Å². The molecule has 0 aliphatic heterocycles. The molecule has 2 atom stereocenters. The lowest BCUT2D eigenvalue weighted by Crippen LogP contribution is -2.66. The first kappa shape index (κ1) is 13.8. The van der Waals surface area contributed by atoms with E-state index < -0.39 is 0 Å². The SMILES string of the molecule is CCOC1CC(NCc2cncnc2OC)C12CCC2. The molecule has 1 N–H and O–H groups in total. The summed E-state index contributed by atoms with van der Waals surface area (Å²) in [6, 6.07) is 0.553. The van der Waals surface area contributed by atoms with E-state index in [9.17, 15) is 0 Å². The Labute approximate surface area is 120 Å². The van der Waals surface area contributed by atoms with Gasteiger partial charge in [-0.1, -0.05) is 6.42 Å². The van der Waals surface area contributed by atoms with Gasteiger partial charge in [-0.3, -0.25) is 0 Å². The quantitative estimate of drug-likeness (QED) is 0.861. The zero-order chi connectivity index (χ0) is 14.0. The van der Waals surface area contributed by atoms with Gasteiger partial charge in [-0.25, -0.2) is 9.97 Å². The molecule has 0 bridgehead atoms. The molecule has 2 aliphatic carbocycles. The van der Waals surface area contributed by atoms with Gasteiger partial charge in [0.1, 0.15) is 6.33 Å². The molecular formula is C15H23N3O2. The lowest BCUT2D eigenvalue weighted by molar-refractivity contribution is -0.173. The van der Waals surface area contributed by atoms with Gasteiger partial charge < -0.3 is 14.8 Å². The van der Waals surface area contributed by atoms with Crippen molar-refractivity contribution in [1.29, 1.82) is 0 Å². The Morgan fingerprint density at radius 2 is 2.30 bits per heavy atom. The summed E-state index contributed by atoms with van der Waals surface area (Å²) in [7, 11) is 1.65. The Morgan fingerprint density at radius 3 is 2.95 bits per heavy atom. The van der Waals surface area contributed by atoms with Crippen molar-refractivity contribution in [3.63, 3.8) is 0 Å². The zero-order valence-corrected chi connectivity index (χ0v) is 12.3. The van der Waals surface area contributed by atoms with Crippen LogP contribution in [0.25, 0.3) is 0 Å². The van der Waals surface area contributed by atoms with Crippen molar-refractivity contribution in [3.8, 4) is 5.88 Å². The third kappa shape index (κ3) is 2.19. The topological polar surface area (TPSA) is 56.3 Å². The molecule has 1 heterocycles. The Balaban J connectivity index is 1.59. The van der Waals surface area contributed by atoms with Crippen molar-refractivity contribution in [2.45, 2.75) is 51.3 Å². The van der Waals surface area contributed by atoms with Gasteiger partial charge in [0, 0.05) is 36.4 Å². The monoisotopic (exact) mass is 277 g/mol. The van der Waals surface area contributed by atoms with Gasteiger partial charge in [-0.05, 0) is 26.2 Å². The molecule has 2 saturated carbocycles. The second-order valence-corrected chi connectivity index (χ2v) is 5.76. The van der Waals surface area contributed by atoms with E-state index in [1.165, 1.54) is 25.6 Å². The number of rotatable bonds is 6. The Morgan fingerprint density at radius 1 is 1.45 bits per heavy atom. The number of hydrogen-bond donors (Lipinski definition) is 1. The Kier molecular flexibility index (Phi) is 3.89. The molecule has 1 spiro atoms. The standard InChI is InChI=1S/C15H23N3O2/c1-3-20-13-7-12(15(13)5-4-6-15)17-9-11-8-16-10-18-14(11)19-2/h8,10,12-13,17H,3-7,9H2,1-2H3. The summed E-state index contributed by atoms with van der Waals surface area (Å²) < 4.78 is 11.1. The van der Waals surface area contributed by atoms with E-state index in [4.69, 9.17) is 9.47 Å². The molecular weight excluding hydrogens is 254 g/mol. The molecule has 0 radical (unpaired) electrons. The molecule has 2 fully saturated rings. The molecule has 2 aliphatic rings. The minimum atomic E-state index is 0.388. The second kappa shape index (κ2) is 5.66. The van der Waals surface area contributed by atoms with Crippen LogP contribution in [0.1, 0.15) is 38.2 Å². The van der Waals surface area contributed by atoms with Gasteiger partial charge in [0.2, 0.25) is 5.88 Å². The highest BCUT2D eigenvalue weighted by molar-refractivity contribution is 5.22. The molecule has 5 nitrogen and oxygen atoms in total. The molecule has 1 aromatic rings. The van der Waals surface area contributed by atoms with E-state index in [1.54, 1.807) is 7.11 Å². The summed E-state index contributed by atoms with van der Waals surface area (Å²) in [5, 5.41) is 3.65. The number of ether oxygens (including phenoxy) is 2. The Hall–Kier alpha value is -1.20. The van der Waals surface area contributed by atoms with Crippen LogP contribution < -0.4 is 10.1 Å². The highest BCUT2D eigenvalue weighted by Crippen LogP contribution is 2.57. The van der Waals surface area contributed by atoms with E-state index >= 15 is 0 Å². The lowest BCUT2D eigenvalue weighted by atomic mass is 9.51. The number of hydrogen-bond acceptors (Lipinski definition) is 5. The molecule has 20 heavy (non-hydrogen) atoms. The molecule has 2 unspecified atom stereocenters. The smallest absolute Gasteiger partial charge is 0.220 e. The minimum absolute atomic E-state index is 0.388. The molecule has 5 heteroatoms. The van der Waals surface area contributed by atoms with Crippen molar-refractivity contribution in [2.24, 2.45) is 5.41 Å². The molecule has 110 valence electrons. The maximum Gasteiger partial charge on any atom is 0.220 e. The summed E-state index contributed by atoms with van der Waals surface area (Å²) in [5.41, 5.74) is 1.41. The van der Waals surface area contributed by atoms with Crippen LogP contribution >= 0.6 is 0 Å². The van der Waals surface area contributed by atoms with Crippen molar-refractivity contribution < 1.29 is 9.47 Å². The number of nitrogens with one attached hydrogen (secondary N) is 1. The van der Waals surface area contributed by atoms with Crippen molar-refractivity contribution >= 4 is 0 Å². The number of nitrogens with zero attached hydrogens (tertiary/aromatic N) is 2. The van der Waals surface area contributed by atoms with Crippen molar-refractivity contribution in [3.05, 3.63) is 18.1 Å². The van der Waals surface area contributed by atoms with Gasteiger partial charge in [0.25, 0.3) is 0 Å². The van der Waals surface area contributed by atoms with Crippen LogP contribution in [0.15, 0.2) is 12.5 Å².